The Hall–Kier alpha value is -2.94. The summed E-state index contributed by atoms with van der Waals surface area (Å²) in [6.45, 7) is 0.160. The average molecular weight is 311 g/mol. The maximum absolute atomic E-state index is 5.29. The highest BCUT2D eigenvalue weighted by Gasteiger charge is 2.28. The third kappa shape index (κ3) is 2.58. The molecule has 0 atom stereocenters. The van der Waals surface area contributed by atoms with Gasteiger partial charge in [-0.3, -0.25) is 0 Å². The molecule has 0 aromatic heterocycles. The van der Waals surface area contributed by atoms with Crippen molar-refractivity contribution in [3.05, 3.63) is 90.4 Å². The van der Waals surface area contributed by atoms with Crippen LogP contribution in [0.15, 0.2) is 84.8 Å². The van der Waals surface area contributed by atoms with Gasteiger partial charge in [0, 0.05) is 11.4 Å². The first kappa shape index (κ1) is 14.6. The average Bonchev–Trinajstić information content (AvgIpc) is 2.68. The van der Waals surface area contributed by atoms with Crippen molar-refractivity contribution >= 4 is 29.8 Å². The molecule has 0 aliphatic carbocycles. The van der Waals surface area contributed by atoms with Gasteiger partial charge < -0.3 is 9.55 Å². The van der Waals surface area contributed by atoms with Crippen LogP contribution in [0.4, 0.5) is 11.4 Å². The zero-order valence-corrected chi connectivity index (χ0v) is 13.6. The number of benzene rings is 3. The van der Waals surface area contributed by atoms with E-state index in [2.05, 4.69) is 83.6 Å². The summed E-state index contributed by atoms with van der Waals surface area (Å²) in [5, 5.41) is 0. The van der Waals surface area contributed by atoms with Gasteiger partial charge in [-0.1, -0.05) is 66.0 Å². The van der Waals surface area contributed by atoms with Crippen molar-refractivity contribution in [3.63, 3.8) is 0 Å². The Labute approximate surface area is 143 Å². The van der Waals surface area contributed by atoms with Crippen molar-refractivity contribution in [2.75, 3.05) is 11.9 Å². The standard InChI is InChI=1S/C21H18BNO/c1-24-20-13-11-18(12-14-20)22-16-15-17-7-5-6-10-21(17)23(22)19-8-3-2-4-9-19/h2-16H,1H3. The Bertz CT molecular complexity index is 859. The molecule has 0 fully saturated rings. The van der Waals surface area contributed by atoms with E-state index in [4.69, 9.17) is 4.74 Å². The molecule has 0 saturated heterocycles. The van der Waals surface area contributed by atoms with E-state index in [9.17, 15) is 0 Å². The van der Waals surface area contributed by atoms with Gasteiger partial charge in [0.1, 0.15) is 5.75 Å². The Morgan fingerprint density at radius 1 is 0.792 bits per heavy atom. The van der Waals surface area contributed by atoms with Crippen LogP contribution in [-0.4, -0.2) is 14.0 Å². The zero-order chi connectivity index (χ0) is 16.4. The highest BCUT2D eigenvalue weighted by atomic mass is 16.5. The molecule has 3 heteroatoms. The quantitative estimate of drug-likeness (QED) is 0.669. The van der Waals surface area contributed by atoms with Gasteiger partial charge in [0.15, 0.2) is 0 Å². The van der Waals surface area contributed by atoms with Crippen LogP contribution in [-0.2, 0) is 0 Å². The van der Waals surface area contributed by atoms with Gasteiger partial charge in [0.25, 0.3) is 0 Å². The Balaban J connectivity index is 1.83. The molecule has 0 unspecified atom stereocenters. The molecule has 0 saturated carbocycles. The number of hydrogen-bond donors (Lipinski definition) is 0. The fourth-order valence-electron chi connectivity index (χ4n) is 3.23. The molecule has 0 radical (unpaired) electrons. The van der Waals surface area contributed by atoms with E-state index >= 15 is 0 Å². The lowest BCUT2D eigenvalue weighted by Crippen LogP contribution is -2.46. The minimum atomic E-state index is 0.160. The first-order chi connectivity index (χ1) is 11.9. The van der Waals surface area contributed by atoms with Crippen LogP contribution < -0.4 is 15.0 Å². The summed E-state index contributed by atoms with van der Waals surface area (Å²) < 4.78 is 5.29. The number of rotatable bonds is 3. The molecule has 0 bridgehead atoms. The molecule has 1 aliphatic heterocycles. The van der Waals surface area contributed by atoms with Crippen LogP contribution in [0, 0.1) is 0 Å². The lowest BCUT2D eigenvalue weighted by Gasteiger charge is -2.34. The van der Waals surface area contributed by atoms with Gasteiger partial charge in [0.05, 0.1) is 7.11 Å². The fourth-order valence-corrected chi connectivity index (χ4v) is 3.23. The first-order valence-corrected chi connectivity index (χ1v) is 8.12. The first-order valence-electron chi connectivity index (χ1n) is 8.12. The van der Waals surface area contributed by atoms with Crippen molar-refractivity contribution < 1.29 is 4.74 Å². The van der Waals surface area contributed by atoms with E-state index in [1.165, 1.54) is 22.4 Å². The minimum Gasteiger partial charge on any atom is -0.497 e. The largest absolute Gasteiger partial charge is 0.497 e. The Morgan fingerprint density at radius 3 is 2.25 bits per heavy atom. The third-order valence-electron chi connectivity index (χ3n) is 4.42. The summed E-state index contributed by atoms with van der Waals surface area (Å²) in [6, 6.07) is 27.4. The lowest BCUT2D eigenvalue weighted by molar-refractivity contribution is 0.415. The molecule has 24 heavy (non-hydrogen) atoms. The molecular formula is C21H18BNO. The maximum Gasteiger partial charge on any atom is 0.320 e. The molecule has 1 aliphatic rings. The number of anilines is 2. The second-order valence-electron chi connectivity index (χ2n) is 5.84. The van der Waals surface area contributed by atoms with Crippen LogP contribution in [0.3, 0.4) is 0 Å². The summed E-state index contributed by atoms with van der Waals surface area (Å²) in [7, 11) is 1.70. The van der Waals surface area contributed by atoms with Crippen molar-refractivity contribution in [1.29, 1.82) is 0 Å². The van der Waals surface area contributed by atoms with Gasteiger partial charge >= 0.3 is 6.85 Å². The molecule has 116 valence electrons. The second kappa shape index (κ2) is 6.28. The number of nitrogens with zero attached hydrogens (tertiary/aromatic N) is 1. The molecule has 0 amide bonds. The van der Waals surface area contributed by atoms with E-state index in [-0.39, 0.29) is 6.85 Å². The van der Waals surface area contributed by atoms with Crippen molar-refractivity contribution in [1.82, 2.24) is 0 Å². The Kier molecular flexibility index (Phi) is 3.83. The zero-order valence-electron chi connectivity index (χ0n) is 13.6. The van der Waals surface area contributed by atoms with Gasteiger partial charge in [-0.05, 0) is 35.9 Å². The highest BCUT2D eigenvalue weighted by molar-refractivity contribution is 6.83. The molecule has 3 aromatic rings. The van der Waals surface area contributed by atoms with E-state index < -0.39 is 0 Å². The summed E-state index contributed by atoms with van der Waals surface area (Å²) in [4.78, 5) is 2.39. The van der Waals surface area contributed by atoms with Crippen LogP contribution in [0.25, 0.3) is 6.08 Å². The SMILES string of the molecule is COc1ccc(B2C=Cc3ccccc3N2c2ccccc2)cc1. The molecule has 3 aromatic carbocycles. The topological polar surface area (TPSA) is 12.5 Å². The maximum atomic E-state index is 5.29. The number of methoxy groups -OCH3 is 1. The molecular weight excluding hydrogens is 293 g/mol. The summed E-state index contributed by atoms with van der Waals surface area (Å²) in [5.74, 6) is 3.14. The predicted octanol–water partition coefficient (Wildman–Crippen LogP) is 4.30. The molecule has 0 spiro atoms. The molecule has 0 N–H and O–H groups in total. The smallest absolute Gasteiger partial charge is 0.320 e. The highest BCUT2D eigenvalue weighted by Crippen LogP contribution is 2.33. The fraction of sp³-hybridized carbons (Fsp3) is 0.0476. The van der Waals surface area contributed by atoms with Gasteiger partial charge in [-0.2, -0.15) is 0 Å². The third-order valence-corrected chi connectivity index (χ3v) is 4.42. The van der Waals surface area contributed by atoms with Crippen molar-refractivity contribution in [2.24, 2.45) is 0 Å². The van der Waals surface area contributed by atoms with Crippen LogP contribution in [0.5, 0.6) is 5.75 Å². The molecule has 4 rings (SSSR count). The van der Waals surface area contributed by atoms with E-state index in [1.807, 2.05) is 12.1 Å². The number of fused-ring (bicyclic) bond motifs is 1. The second-order valence-corrected chi connectivity index (χ2v) is 5.84. The molecule has 2 nitrogen and oxygen atoms in total. The van der Waals surface area contributed by atoms with E-state index in [0.29, 0.717) is 0 Å². The number of hydrogen-bond acceptors (Lipinski definition) is 2. The van der Waals surface area contributed by atoms with Crippen LogP contribution >= 0.6 is 0 Å². The van der Waals surface area contributed by atoms with Crippen molar-refractivity contribution in [3.8, 4) is 5.75 Å². The van der Waals surface area contributed by atoms with E-state index in [0.717, 1.165) is 5.75 Å². The molecule has 1 heterocycles. The van der Waals surface area contributed by atoms with Crippen LogP contribution in [0.2, 0.25) is 0 Å². The van der Waals surface area contributed by atoms with Crippen LogP contribution in [0.1, 0.15) is 5.56 Å². The normalized spacial score (nSPS) is 12.9. The minimum absolute atomic E-state index is 0.160. The van der Waals surface area contributed by atoms with Gasteiger partial charge in [-0.25, -0.2) is 0 Å². The summed E-state index contributed by atoms with van der Waals surface area (Å²) in [6.07, 6.45) is 2.21. The summed E-state index contributed by atoms with van der Waals surface area (Å²) >= 11 is 0. The van der Waals surface area contributed by atoms with Crippen molar-refractivity contribution in [2.45, 2.75) is 0 Å². The predicted molar refractivity (Wildman–Crippen MR) is 102 cm³/mol. The monoisotopic (exact) mass is 311 g/mol. The number of para-hydroxylation sites is 2. The number of ether oxygens (including phenoxy) is 1. The van der Waals surface area contributed by atoms with E-state index in [1.54, 1.807) is 7.11 Å². The van der Waals surface area contributed by atoms with Gasteiger partial charge in [-0.15, -0.1) is 0 Å². The summed E-state index contributed by atoms with van der Waals surface area (Å²) in [5.41, 5.74) is 4.90. The Morgan fingerprint density at radius 2 is 1.50 bits per heavy atom. The lowest BCUT2D eigenvalue weighted by atomic mass is 9.52. The van der Waals surface area contributed by atoms with Gasteiger partial charge in [0.2, 0.25) is 0 Å².